The first-order valence-corrected chi connectivity index (χ1v) is 7.92. The summed E-state index contributed by atoms with van der Waals surface area (Å²) >= 11 is 0. The summed E-state index contributed by atoms with van der Waals surface area (Å²) in [6.45, 7) is 4.06. The molecule has 1 aromatic carbocycles. The summed E-state index contributed by atoms with van der Waals surface area (Å²) in [5.74, 6) is 0.129. The number of hydrogen-bond donors (Lipinski definition) is 1. The normalized spacial score (nSPS) is 16.6. The van der Waals surface area contributed by atoms with Gasteiger partial charge in [-0.05, 0) is 49.8 Å². The van der Waals surface area contributed by atoms with Crippen molar-refractivity contribution < 1.29 is 4.79 Å². The van der Waals surface area contributed by atoms with Gasteiger partial charge in [-0.3, -0.25) is 9.48 Å². The first kappa shape index (κ1) is 14.8. The van der Waals surface area contributed by atoms with E-state index in [1.165, 1.54) is 16.7 Å². The average molecular weight is 297 g/mol. The SMILES string of the molecule is Cc1nn(C)c(C)c1CCC(=O)N[C@@H]1CCc2ccccc21. The van der Waals surface area contributed by atoms with Gasteiger partial charge >= 0.3 is 0 Å². The fourth-order valence-electron chi connectivity index (χ4n) is 3.39. The molecule has 1 amide bonds. The van der Waals surface area contributed by atoms with E-state index in [1.54, 1.807) is 0 Å². The number of aromatic nitrogens is 2. The van der Waals surface area contributed by atoms with Crippen molar-refractivity contribution in [1.29, 1.82) is 0 Å². The fourth-order valence-corrected chi connectivity index (χ4v) is 3.39. The number of hydrogen-bond acceptors (Lipinski definition) is 2. The second-order valence-corrected chi connectivity index (χ2v) is 6.13. The summed E-state index contributed by atoms with van der Waals surface area (Å²) in [7, 11) is 1.95. The van der Waals surface area contributed by atoms with Crippen LogP contribution in [0.5, 0.6) is 0 Å². The van der Waals surface area contributed by atoms with Crippen molar-refractivity contribution >= 4 is 5.91 Å². The number of amides is 1. The fraction of sp³-hybridized carbons (Fsp3) is 0.444. The highest BCUT2D eigenvalue weighted by Gasteiger charge is 2.23. The molecule has 1 aliphatic carbocycles. The van der Waals surface area contributed by atoms with Gasteiger partial charge in [0.05, 0.1) is 11.7 Å². The van der Waals surface area contributed by atoms with Crippen molar-refractivity contribution in [3.05, 3.63) is 52.3 Å². The van der Waals surface area contributed by atoms with Crippen LogP contribution in [-0.4, -0.2) is 15.7 Å². The Bertz CT molecular complexity index is 702. The van der Waals surface area contributed by atoms with Crippen LogP contribution in [0.1, 0.15) is 47.0 Å². The third kappa shape index (κ3) is 2.78. The third-order valence-corrected chi connectivity index (χ3v) is 4.73. The van der Waals surface area contributed by atoms with Gasteiger partial charge in [0.2, 0.25) is 5.91 Å². The Morgan fingerprint density at radius 1 is 1.36 bits per heavy atom. The molecule has 0 fully saturated rings. The van der Waals surface area contributed by atoms with Crippen molar-refractivity contribution in [2.24, 2.45) is 7.05 Å². The number of carbonyl (C=O) groups excluding carboxylic acids is 1. The van der Waals surface area contributed by atoms with Crippen molar-refractivity contribution in [3.63, 3.8) is 0 Å². The van der Waals surface area contributed by atoms with E-state index < -0.39 is 0 Å². The summed E-state index contributed by atoms with van der Waals surface area (Å²) < 4.78 is 1.88. The van der Waals surface area contributed by atoms with Gasteiger partial charge in [-0.1, -0.05) is 24.3 Å². The topological polar surface area (TPSA) is 46.9 Å². The van der Waals surface area contributed by atoms with Gasteiger partial charge in [-0.25, -0.2) is 0 Å². The molecule has 0 saturated heterocycles. The smallest absolute Gasteiger partial charge is 0.220 e. The maximum absolute atomic E-state index is 12.3. The molecule has 1 aromatic heterocycles. The van der Waals surface area contributed by atoms with Crippen LogP contribution in [0.2, 0.25) is 0 Å². The van der Waals surface area contributed by atoms with Gasteiger partial charge in [-0.2, -0.15) is 5.10 Å². The zero-order valence-corrected chi connectivity index (χ0v) is 13.5. The lowest BCUT2D eigenvalue weighted by molar-refractivity contribution is -0.121. The van der Waals surface area contributed by atoms with Crippen LogP contribution in [0, 0.1) is 13.8 Å². The Morgan fingerprint density at radius 2 is 2.14 bits per heavy atom. The zero-order chi connectivity index (χ0) is 15.7. The molecule has 1 aliphatic rings. The Morgan fingerprint density at radius 3 is 2.86 bits per heavy atom. The Balaban J connectivity index is 1.60. The first-order valence-electron chi connectivity index (χ1n) is 7.92. The molecule has 0 unspecified atom stereocenters. The molecule has 1 atom stereocenters. The predicted octanol–water partition coefficient (Wildman–Crippen LogP) is 2.77. The van der Waals surface area contributed by atoms with E-state index in [2.05, 4.69) is 35.5 Å². The standard InChI is InChI=1S/C18H23N3O/c1-12-15(13(2)21(3)20-12)9-11-18(22)19-17-10-8-14-6-4-5-7-16(14)17/h4-7,17H,8-11H2,1-3H3,(H,19,22)/t17-/m1/s1. The summed E-state index contributed by atoms with van der Waals surface area (Å²) in [5.41, 5.74) is 6.02. The third-order valence-electron chi connectivity index (χ3n) is 4.73. The molecule has 0 saturated carbocycles. The predicted molar refractivity (Wildman–Crippen MR) is 86.6 cm³/mol. The van der Waals surface area contributed by atoms with E-state index in [4.69, 9.17) is 0 Å². The molecule has 3 rings (SSSR count). The van der Waals surface area contributed by atoms with Crippen LogP contribution < -0.4 is 5.32 Å². The van der Waals surface area contributed by atoms with Crippen LogP contribution in [-0.2, 0) is 24.7 Å². The average Bonchev–Trinajstić information content (AvgIpc) is 3.00. The van der Waals surface area contributed by atoms with Crippen LogP contribution in [0.4, 0.5) is 0 Å². The number of nitrogens with one attached hydrogen (secondary N) is 1. The van der Waals surface area contributed by atoms with E-state index in [0.717, 1.165) is 30.7 Å². The number of carbonyl (C=O) groups is 1. The maximum atomic E-state index is 12.3. The summed E-state index contributed by atoms with van der Waals surface area (Å²) in [6.07, 6.45) is 3.34. The van der Waals surface area contributed by atoms with E-state index in [-0.39, 0.29) is 11.9 Å². The Kier molecular flexibility index (Phi) is 4.01. The van der Waals surface area contributed by atoms with Gasteiger partial charge in [0, 0.05) is 19.2 Å². The summed E-state index contributed by atoms with van der Waals surface area (Å²) in [6, 6.07) is 8.58. The molecule has 0 radical (unpaired) electrons. The highest BCUT2D eigenvalue weighted by atomic mass is 16.1. The van der Waals surface area contributed by atoms with E-state index in [1.807, 2.05) is 24.7 Å². The monoisotopic (exact) mass is 297 g/mol. The molecular formula is C18H23N3O. The molecule has 22 heavy (non-hydrogen) atoms. The highest BCUT2D eigenvalue weighted by molar-refractivity contribution is 5.77. The highest BCUT2D eigenvalue weighted by Crippen LogP contribution is 2.30. The first-order chi connectivity index (χ1) is 10.6. The lowest BCUT2D eigenvalue weighted by Crippen LogP contribution is -2.27. The summed E-state index contributed by atoms with van der Waals surface area (Å²) in [4.78, 5) is 12.3. The summed E-state index contributed by atoms with van der Waals surface area (Å²) in [5, 5.41) is 7.59. The molecule has 0 spiro atoms. The Hall–Kier alpha value is -2.10. The molecule has 1 N–H and O–H groups in total. The number of fused-ring (bicyclic) bond motifs is 1. The minimum Gasteiger partial charge on any atom is -0.349 e. The van der Waals surface area contributed by atoms with E-state index in [0.29, 0.717) is 6.42 Å². The maximum Gasteiger partial charge on any atom is 0.220 e. The molecule has 4 heteroatoms. The minimum absolute atomic E-state index is 0.129. The van der Waals surface area contributed by atoms with Gasteiger partial charge in [0.15, 0.2) is 0 Å². The van der Waals surface area contributed by atoms with Crippen molar-refractivity contribution in [3.8, 4) is 0 Å². The molecule has 1 heterocycles. The quantitative estimate of drug-likeness (QED) is 0.943. The minimum atomic E-state index is 0.129. The van der Waals surface area contributed by atoms with Crippen LogP contribution in [0.25, 0.3) is 0 Å². The molecule has 0 aliphatic heterocycles. The van der Waals surface area contributed by atoms with Gasteiger partial charge in [0.25, 0.3) is 0 Å². The zero-order valence-electron chi connectivity index (χ0n) is 13.5. The molecular weight excluding hydrogens is 274 g/mol. The van der Waals surface area contributed by atoms with Crippen molar-refractivity contribution in [2.45, 2.75) is 45.6 Å². The largest absolute Gasteiger partial charge is 0.349 e. The lowest BCUT2D eigenvalue weighted by atomic mass is 10.1. The van der Waals surface area contributed by atoms with Crippen LogP contribution >= 0.6 is 0 Å². The number of benzene rings is 1. The Labute approximate surface area is 131 Å². The molecule has 116 valence electrons. The van der Waals surface area contributed by atoms with Gasteiger partial charge < -0.3 is 5.32 Å². The van der Waals surface area contributed by atoms with E-state index >= 15 is 0 Å². The van der Waals surface area contributed by atoms with Gasteiger partial charge in [0.1, 0.15) is 0 Å². The van der Waals surface area contributed by atoms with Crippen molar-refractivity contribution in [1.82, 2.24) is 15.1 Å². The number of nitrogens with zero attached hydrogens (tertiary/aromatic N) is 2. The van der Waals surface area contributed by atoms with Crippen LogP contribution in [0.15, 0.2) is 24.3 Å². The van der Waals surface area contributed by atoms with Crippen LogP contribution in [0.3, 0.4) is 0 Å². The van der Waals surface area contributed by atoms with E-state index in [9.17, 15) is 4.79 Å². The number of aryl methyl sites for hydroxylation is 3. The second kappa shape index (κ2) is 5.95. The lowest BCUT2D eigenvalue weighted by Gasteiger charge is -2.14. The molecule has 0 bridgehead atoms. The van der Waals surface area contributed by atoms with Crippen molar-refractivity contribution in [2.75, 3.05) is 0 Å². The number of rotatable bonds is 4. The second-order valence-electron chi connectivity index (χ2n) is 6.13. The molecule has 2 aromatic rings. The van der Waals surface area contributed by atoms with Gasteiger partial charge in [-0.15, -0.1) is 0 Å². The molecule has 4 nitrogen and oxygen atoms in total.